The molecular formula is C20H17F3N2O4. The molecule has 1 aliphatic rings. The molecule has 9 heteroatoms. The number of hydrogen-bond donors (Lipinski definition) is 0. The molecule has 1 unspecified atom stereocenters. The van der Waals surface area contributed by atoms with Gasteiger partial charge in [0.2, 0.25) is 6.23 Å². The fourth-order valence-electron chi connectivity index (χ4n) is 3.33. The highest BCUT2D eigenvalue weighted by molar-refractivity contribution is 5.87. The van der Waals surface area contributed by atoms with Gasteiger partial charge in [0.1, 0.15) is 5.75 Å². The number of fused-ring (bicyclic) bond motifs is 1. The van der Waals surface area contributed by atoms with E-state index in [4.69, 9.17) is 9.26 Å². The third-order valence-corrected chi connectivity index (χ3v) is 4.71. The lowest BCUT2D eigenvalue weighted by molar-refractivity contribution is -0.274. The van der Waals surface area contributed by atoms with E-state index in [2.05, 4.69) is 9.89 Å². The van der Waals surface area contributed by atoms with Gasteiger partial charge in [-0.15, -0.1) is 13.2 Å². The second kappa shape index (κ2) is 7.75. The lowest BCUT2D eigenvalue weighted by atomic mass is 10.0. The largest absolute Gasteiger partial charge is 0.573 e. The van der Waals surface area contributed by atoms with Crippen molar-refractivity contribution in [3.63, 3.8) is 0 Å². The van der Waals surface area contributed by atoms with Crippen LogP contribution >= 0.6 is 0 Å². The van der Waals surface area contributed by atoms with E-state index < -0.39 is 12.6 Å². The fourth-order valence-corrected chi connectivity index (χ4v) is 3.33. The lowest BCUT2D eigenvalue weighted by Gasteiger charge is -2.21. The van der Waals surface area contributed by atoms with Gasteiger partial charge in [-0.3, -0.25) is 9.69 Å². The summed E-state index contributed by atoms with van der Waals surface area (Å²) >= 11 is 0. The average Bonchev–Trinajstić information content (AvgIpc) is 3.35. The molecule has 3 aromatic rings. The lowest BCUT2D eigenvalue weighted by Crippen LogP contribution is -2.38. The summed E-state index contributed by atoms with van der Waals surface area (Å²) in [6.45, 7) is 1.55. The predicted octanol–water partition coefficient (Wildman–Crippen LogP) is 4.39. The van der Waals surface area contributed by atoms with Gasteiger partial charge in [-0.2, -0.15) is 0 Å². The number of carbonyl (C=O) groups is 1. The number of nitrogens with zero attached hydrogens (tertiary/aromatic N) is 2. The number of alkyl halides is 3. The van der Waals surface area contributed by atoms with Crippen LogP contribution in [0.3, 0.4) is 0 Å². The van der Waals surface area contributed by atoms with Crippen molar-refractivity contribution in [1.82, 2.24) is 10.1 Å². The molecule has 0 radical (unpaired) electrons. The molecule has 0 saturated carbocycles. The van der Waals surface area contributed by atoms with Crippen molar-refractivity contribution >= 4 is 17.3 Å². The van der Waals surface area contributed by atoms with E-state index in [1.165, 1.54) is 24.3 Å². The Bertz CT molecular complexity index is 995. The van der Waals surface area contributed by atoms with E-state index in [-0.39, 0.29) is 11.6 Å². The third-order valence-electron chi connectivity index (χ3n) is 4.71. The van der Waals surface area contributed by atoms with Crippen molar-refractivity contribution in [3.05, 3.63) is 42.5 Å². The number of halogens is 3. The molecule has 1 atom stereocenters. The van der Waals surface area contributed by atoms with E-state index in [1.54, 1.807) is 18.2 Å². The van der Waals surface area contributed by atoms with Crippen molar-refractivity contribution in [1.29, 1.82) is 0 Å². The van der Waals surface area contributed by atoms with Crippen LogP contribution < -0.4 is 9.47 Å². The van der Waals surface area contributed by atoms with Crippen molar-refractivity contribution < 1.29 is 32.0 Å². The molecule has 29 heavy (non-hydrogen) atoms. The second-order valence-electron chi connectivity index (χ2n) is 6.66. The van der Waals surface area contributed by atoms with Crippen molar-refractivity contribution in [2.45, 2.75) is 25.4 Å². The highest BCUT2D eigenvalue weighted by atomic mass is 19.4. The highest BCUT2D eigenvalue weighted by Gasteiger charge is 2.31. The summed E-state index contributed by atoms with van der Waals surface area (Å²) in [5.74, 6) is -0.0985. The maximum Gasteiger partial charge on any atom is 0.573 e. The SMILES string of the molecule is O=CC(Oc1noc2ccc(-c3ccc(OC(F)(F)F)cc3)cc12)N1CCCC1. The Kier molecular flexibility index (Phi) is 5.14. The first kappa shape index (κ1) is 19.3. The number of hydrogen-bond acceptors (Lipinski definition) is 6. The number of likely N-dealkylation sites (tertiary alicyclic amines) is 1. The van der Waals surface area contributed by atoms with Gasteiger partial charge in [0, 0.05) is 13.1 Å². The zero-order chi connectivity index (χ0) is 20.4. The minimum absolute atomic E-state index is 0.197. The normalized spacial score (nSPS) is 16.1. The number of rotatable bonds is 6. The zero-order valence-corrected chi connectivity index (χ0v) is 15.2. The molecule has 6 nitrogen and oxygen atoms in total. The summed E-state index contributed by atoms with van der Waals surface area (Å²) in [5, 5.41) is 4.49. The highest BCUT2D eigenvalue weighted by Crippen LogP contribution is 2.32. The smallest absolute Gasteiger partial charge is 0.448 e. The molecule has 152 valence electrons. The molecule has 1 fully saturated rings. The Morgan fingerprint density at radius 1 is 1.07 bits per heavy atom. The number of benzene rings is 2. The summed E-state index contributed by atoms with van der Waals surface area (Å²) in [4.78, 5) is 13.4. The van der Waals surface area contributed by atoms with Gasteiger partial charge >= 0.3 is 6.36 Å². The Hall–Kier alpha value is -3.07. The monoisotopic (exact) mass is 406 g/mol. The molecular weight excluding hydrogens is 389 g/mol. The first-order valence-electron chi connectivity index (χ1n) is 9.04. The fraction of sp³-hybridized carbons (Fsp3) is 0.300. The quantitative estimate of drug-likeness (QED) is 0.566. The molecule has 0 bridgehead atoms. The van der Waals surface area contributed by atoms with Crippen molar-refractivity contribution in [2.75, 3.05) is 13.1 Å². The maximum absolute atomic E-state index is 12.3. The second-order valence-corrected chi connectivity index (χ2v) is 6.66. The Morgan fingerprint density at radius 2 is 1.76 bits per heavy atom. The van der Waals surface area contributed by atoms with Crippen LogP contribution in [0.4, 0.5) is 13.2 Å². The summed E-state index contributed by atoms with van der Waals surface area (Å²) in [5.41, 5.74) is 1.89. The summed E-state index contributed by atoms with van der Waals surface area (Å²) in [6.07, 6.45) is -2.74. The standard InChI is InChI=1S/C20H17F3N2O4/c21-20(22,23)28-15-6-3-13(4-7-15)14-5-8-17-16(11-14)19(24-29-17)27-18(12-26)25-9-1-2-10-25/h3-8,11-12,18H,1-2,9-10H2. The van der Waals surface area contributed by atoms with Gasteiger partial charge in [0.15, 0.2) is 11.9 Å². The third kappa shape index (κ3) is 4.34. The van der Waals surface area contributed by atoms with Crippen molar-refractivity contribution in [3.8, 4) is 22.8 Å². The van der Waals surface area contributed by atoms with Crippen LogP contribution in [-0.2, 0) is 4.79 Å². The number of carbonyl (C=O) groups excluding carboxylic acids is 1. The van der Waals surface area contributed by atoms with Gasteiger partial charge in [-0.05, 0) is 53.4 Å². The van der Waals surface area contributed by atoms with Gasteiger partial charge in [0.25, 0.3) is 5.88 Å². The molecule has 2 aromatic carbocycles. The van der Waals surface area contributed by atoms with Gasteiger partial charge in [-0.25, -0.2) is 0 Å². The molecule has 0 aliphatic carbocycles. The first-order chi connectivity index (χ1) is 13.9. The average molecular weight is 406 g/mol. The molecule has 1 aromatic heterocycles. The molecule has 1 aliphatic heterocycles. The van der Waals surface area contributed by atoms with Crippen LogP contribution in [-0.4, -0.2) is 42.0 Å². The van der Waals surface area contributed by atoms with Gasteiger partial charge in [-0.1, -0.05) is 18.2 Å². The molecule has 1 saturated heterocycles. The van der Waals surface area contributed by atoms with Crippen LogP contribution in [0.1, 0.15) is 12.8 Å². The van der Waals surface area contributed by atoms with Crippen molar-refractivity contribution in [2.24, 2.45) is 0 Å². The number of aldehydes is 1. The maximum atomic E-state index is 12.3. The van der Waals surface area contributed by atoms with E-state index in [9.17, 15) is 18.0 Å². The van der Waals surface area contributed by atoms with E-state index in [1.807, 2.05) is 4.90 Å². The number of aromatic nitrogens is 1. The zero-order valence-electron chi connectivity index (χ0n) is 15.2. The van der Waals surface area contributed by atoms with Crippen LogP contribution in [0.5, 0.6) is 11.6 Å². The summed E-state index contributed by atoms with van der Waals surface area (Å²) in [6, 6.07) is 10.7. The van der Waals surface area contributed by atoms with Crippen LogP contribution in [0.25, 0.3) is 22.1 Å². The van der Waals surface area contributed by atoms with Crippen LogP contribution in [0.2, 0.25) is 0 Å². The predicted molar refractivity (Wildman–Crippen MR) is 97.4 cm³/mol. The number of ether oxygens (including phenoxy) is 2. The van der Waals surface area contributed by atoms with E-state index >= 15 is 0 Å². The molecule has 4 rings (SSSR count). The molecule has 0 spiro atoms. The molecule has 2 heterocycles. The van der Waals surface area contributed by atoms with E-state index in [0.717, 1.165) is 37.8 Å². The minimum atomic E-state index is -4.74. The Labute approximate surface area is 163 Å². The van der Waals surface area contributed by atoms with Crippen LogP contribution in [0.15, 0.2) is 47.0 Å². The molecule has 0 N–H and O–H groups in total. The van der Waals surface area contributed by atoms with Crippen LogP contribution in [0, 0.1) is 0 Å². The van der Waals surface area contributed by atoms with Gasteiger partial charge < -0.3 is 14.0 Å². The summed E-state index contributed by atoms with van der Waals surface area (Å²) in [7, 11) is 0. The molecule has 0 amide bonds. The topological polar surface area (TPSA) is 64.8 Å². The van der Waals surface area contributed by atoms with E-state index in [0.29, 0.717) is 16.5 Å². The minimum Gasteiger partial charge on any atom is -0.448 e. The first-order valence-corrected chi connectivity index (χ1v) is 9.04. The van der Waals surface area contributed by atoms with Gasteiger partial charge in [0.05, 0.1) is 5.39 Å². The summed E-state index contributed by atoms with van der Waals surface area (Å²) < 4.78 is 51.9. The Balaban J connectivity index is 1.59. The Morgan fingerprint density at radius 3 is 2.41 bits per heavy atom.